The van der Waals surface area contributed by atoms with Crippen LogP contribution in [-0.2, 0) is 0 Å². The molecule has 0 radical (unpaired) electrons. The summed E-state index contributed by atoms with van der Waals surface area (Å²) in [5.41, 5.74) is 2.77. The number of pyridine rings is 1. The highest BCUT2D eigenvalue weighted by Crippen LogP contribution is 2.25. The van der Waals surface area contributed by atoms with E-state index in [9.17, 15) is 4.79 Å². The lowest BCUT2D eigenvalue weighted by Crippen LogP contribution is -2.14. The van der Waals surface area contributed by atoms with Crippen molar-refractivity contribution in [1.82, 2.24) is 14.8 Å². The normalized spacial score (nSPS) is 10.9. The lowest BCUT2D eigenvalue weighted by molar-refractivity contribution is 0.102. The molecule has 23 heavy (non-hydrogen) atoms. The first-order valence-corrected chi connectivity index (χ1v) is 7.88. The zero-order chi connectivity index (χ0) is 17.1. The van der Waals surface area contributed by atoms with E-state index in [1.165, 1.54) is 6.20 Å². The van der Waals surface area contributed by atoms with Crippen LogP contribution in [0.5, 0.6) is 5.88 Å². The Morgan fingerprint density at radius 3 is 2.65 bits per heavy atom. The van der Waals surface area contributed by atoms with E-state index >= 15 is 0 Å². The minimum atomic E-state index is -0.281. The van der Waals surface area contributed by atoms with Crippen molar-refractivity contribution < 1.29 is 9.53 Å². The number of hydrogen-bond acceptors (Lipinski definition) is 4. The number of nitrogens with one attached hydrogen (secondary N) is 1. The van der Waals surface area contributed by atoms with Gasteiger partial charge in [-0.25, -0.2) is 4.98 Å². The Kier molecular flexibility index (Phi) is 5.26. The van der Waals surface area contributed by atoms with E-state index in [-0.39, 0.29) is 11.9 Å². The summed E-state index contributed by atoms with van der Waals surface area (Å²) in [6, 6.07) is 1.77. The third kappa shape index (κ3) is 3.64. The number of aryl methyl sites for hydroxylation is 1. The van der Waals surface area contributed by atoms with Crippen molar-refractivity contribution in [3.05, 3.63) is 34.2 Å². The number of nitrogens with zero attached hydrogens (tertiary/aromatic N) is 3. The van der Waals surface area contributed by atoms with Crippen LogP contribution in [-0.4, -0.2) is 27.3 Å². The predicted octanol–water partition coefficient (Wildman–Crippen LogP) is 3.78. The second-order valence-corrected chi connectivity index (χ2v) is 5.89. The summed E-state index contributed by atoms with van der Waals surface area (Å²) in [6.45, 7) is 10.2. The van der Waals surface area contributed by atoms with Gasteiger partial charge in [0, 0.05) is 12.2 Å². The first-order chi connectivity index (χ1) is 10.8. The number of rotatable bonds is 5. The molecule has 0 spiro atoms. The molecular weight excluding hydrogens is 316 g/mol. The lowest BCUT2D eigenvalue weighted by atomic mass is 10.2. The molecule has 0 fully saturated rings. The van der Waals surface area contributed by atoms with E-state index in [0.717, 1.165) is 11.4 Å². The summed E-state index contributed by atoms with van der Waals surface area (Å²) in [5, 5.41) is 7.65. The maximum Gasteiger partial charge on any atom is 0.257 e. The lowest BCUT2D eigenvalue weighted by Gasteiger charge is -2.10. The number of carbonyl (C=O) groups is 1. The van der Waals surface area contributed by atoms with Crippen molar-refractivity contribution in [3.63, 3.8) is 0 Å². The van der Waals surface area contributed by atoms with E-state index < -0.39 is 0 Å². The van der Waals surface area contributed by atoms with Crippen molar-refractivity contribution >= 4 is 23.2 Å². The minimum Gasteiger partial charge on any atom is -0.477 e. The maximum atomic E-state index is 12.4. The summed E-state index contributed by atoms with van der Waals surface area (Å²) < 4.78 is 7.15. The fourth-order valence-electron chi connectivity index (χ4n) is 2.32. The number of aromatic nitrogens is 3. The van der Waals surface area contributed by atoms with E-state index in [4.69, 9.17) is 16.3 Å². The first kappa shape index (κ1) is 17.3. The van der Waals surface area contributed by atoms with Gasteiger partial charge in [-0.05, 0) is 40.7 Å². The minimum absolute atomic E-state index is 0.223. The van der Waals surface area contributed by atoms with Gasteiger partial charge < -0.3 is 10.1 Å². The zero-order valence-electron chi connectivity index (χ0n) is 14.0. The summed E-state index contributed by atoms with van der Waals surface area (Å²) >= 11 is 6.08. The molecule has 0 saturated heterocycles. The first-order valence-electron chi connectivity index (χ1n) is 7.50. The largest absolute Gasteiger partial charge is 0.477 e. The second kappa shape index (κ2) is 7.00. The molecule has 2 aromatic heterocycles. The van der Waals surface area contributed by atoms with Crippen molar-refractivity contribution in [2.75, 3.05) is 11.9 Å². The summed E-state index contributed by atoms with van der Waals surface area (Å²) in [6.07, 6.45) is 1.45. The molecule has 0 aliphatic heterocycles. The fourth-order valence-corrected chi connectivity index (χ4v) is 2.55. The van der Waals surface area contributed by atoms with Crippen molar-refractivity contribution in [1.29, 1.82) is 0 Å². The average Bonchev–Trinajstić information content (AvgIpc) is 2.77. The molecule has 7 heteroatoms. The molecule has 2 rings (SSSR count). The molecular formula is C16H21ClN4O2. The topological polar surface area (TPSA) is 69.0 Å². The van der Waals surface area contributed by atoms with Crippen LogP contribution < -0.4 is 10.1 Å². The predicted molar refractivity (Wildman–Crippen MR) is 90.5 cm³/mol. The Bertz CT molecular complexity index is 725. The number of carbonyl (C=O) groups excluding carboxylic acids is 1. The fraction of sp³-hybridized carbons (Fsp3) is 0.438. The van der Waals surface area contributed by atoms with Gasteiger partial charge in [-0.2, -0.15) is 5.10 Å². The third-order valence-corrected chi connectivity index (χ3v) is 3.67. The van der Waals surface area contributed by atoms with Crippen LogP contribution in [0.2, 0.25) is 5.02 Å². The van der Waals surface area contributed by atoms with Gasteiger partial charge in [-0.1, -0.05) is 11.6 Å². The third-order valence-electron chi connectivity index (χ3n) is 3.40. The summed E-state index contributed by atoms with van der Waals surface area (Å²) in [7, 11) is 0. The number of anilines is 1. The van der Waals surface area contributed by atoms with Gasteiger partial charge in [-0.3, -0.25) is 9.48 Å². The average molecular weight is 337 g/mol. The van der Waals surface area contributed by atoms with Gasteiger partial charge in [0.25, 0.3) is 5.91 Å². The van der Waals surface area contributed by atoms with Crippen molar-refractivity contribution in [2.24, 2.45) is 0 Å². The Balaban J connectivity index is 2.24. The van der Waals surface area contributed by atoms with Gasteiger partial charge in [0.15, 0.2) is 0 Å². The monoisotopic (exact) mass is 336 g/mol. The van der Waals surface area contributed by atoms with Gasteiger partial charge >= 0.3 is 0 Å². The zero-order valence-corrected chi connectivity index (χ0v) is 14.7. The van der Waals surface area contributed by atoms with Gasteiger partial charge in [0.1, 0.15) is 5.02 Å². The number of ether oxygens (including phenoxy) is 1. The molecule has 0 atom stereocenters. The second-order valence-electron chi connectivity index (χ2n) is 5.48. The molecule has 0 unspecified atom stereocenters. The number of amides is 1. The van der Waals surface area contributed by atoms with Crippen LogP contribution >= 0.6 is 11.6 Å². The molecule has 0 aliphatic rings. The van der Waals surface area contributed by atoms with Gasteiger partial charge in [-0.15, -0.1) is 0 Å². The molecule has 1 amide bonds. The van der Waals surface area contributed by atoms with E-state index in [1.807, 2.05) is 39.3 Å². The van der Waals surface area contributed by atoms with Crippen molar-refractivity contribution in [3.8, 4) is 5.88 Å². The molecule has 0 aromatic carbocycles. The summed E-state index contributed by atoms with van der Waals surface area (Å²) in [5.74, 6) is 0.0441. The highest BCUT2D eigenvalue weighted by atomic mass is 35.5. The Morgan fingerprint density at radius 2 is 2.13 bits per heavy atom. The van der Waals surface area contributed by atoms with Crippen LogP contribution in [0.1, 0.15) is 48.6 Å². The van der Waals surface area contributed by atoms with E-state index in [1.54, 1.807) is 6.07 Å². The SMILES string of the molecule is CCOc1ncc(C(=O)Nc2c(C)nn(C(C)C)c2C)cc1Cl. The van der Waals surface area contributed by atoms with Crippen LogP contribution in [0.25, 0.3) is 0 Å². The van der Waals surface area contributed by atoms with E-state index in [0.29, 0.717) is 28.8 Å². The molecule has 6 nitrogen and oxygen atoms in total. The molecule has 2 aromatic rings. The maximum absolute atomic E-state index is 12.4. The molecule has 0 aliphatic carbocycles. The quantitative estimate of drug-likeness (QED) is 0.902. The highest BCUT2D eigenvalue weighted by Gasteiger charge is 2.17. The van der Waals surface area contributed by atoms with Crippen LogP contribution in [0, 0.1) is 13.8 Å². The van der Waals surface area contributed by atoms with Gasteiger partial charge in [0.2, 0.25) is 5.88 Å². The Labute approximate surface area is 140 Å². The van der Waals surface area contributed by atoms with Crippen LogP contribution in [0.3, 0.4) is 0 Å². The molecule has 124 valence electrons. The highest BCUT2D eigenvalue weighted by molar-refractivity contribution is 6.32. The van der Waals surface area contributed by atoms with Crippen LogP contribution in [0.15, 0.2) is 12.3 Å². The number of halogens is 1. The number of hydrogen-bond donors (Lipinski definition) is 1. The van der Waals surface area contributed by atoms with Crippen molar-refractivity contribution in [2.45, 2.75) is 40.7 Å². The molecule has 1 N–H and O–H groups in total. The molecule has 2 heterocycles. The Morgan fingerprint density at radius 1 is 1.43 bits per heavy atom. The van der Waals surface area contributed by atoms with E-state index in [2.05, 4.69) is 15.4 Å². The molecule has 0 saturated carbocycles. The summed E-state index contributed by atoms with van der Waals surface area (Å²) in [4.78, 5) is 16.5. The smallest absolute Gasteiger partial charge is 0.257 e. The van der Waals surface area contributed by atoms with Crippen LogP contribution in [0.4, 0.5) is 5.69 Å². The Hall–Kier alpha value is -2.08. The standard InChI is InChI=1S/C16H21ClN4O2/c1-6-23-16-13(17)7-12(8-18-16)15(22)19-14-10(4)20-21(9(2)3)11(14)5/h7-9H,6H2,1-5H3,(H,19,22). The van der Waals surface area contributed by atoms with Gasteiger partial charge in [0.05, 0.1) is 29.2 Å². The molecule has 0 bridgehead atoms.